The lowest BCUT2D eigenvalue weighted by Gasteiger charge is -2.09. The van der Waals surface area contributed by atoms with Crippen LogP contribution in [0.5, 0.6) is 5.75 Å². The van der Waals surface area contributed by atoms with E-state index >= 15 is 0 Å². The molecule has 0 N–H and O–H groups in total. The van der Waals surface area contributed by atoms with Crippen LogP contribution in [0.4, 0.5) is 13.2 Å². The molecular formula is C11H10F3NO2S. The van der Waals surface area contributed by atoms with Crippen molar-refractivity contribution in [1.82, 2.24) is 0 Å². The van der Waals surface area contributed by atoms with E-state index in [-0.39, 0.29) is 30.1 Å². The molecule has 0 saturated heterocycles. The average Bonchev–Trinajstić information content (AvgIpc) is 2.36. The Balaban J connectivity index is 2.70. The van der Waals surface area contributed by atoms with Gasteiger partial charge >= 0.3 is 5.25 Å². The lowest BCUT2D eigenvalue weighted by Crippen LogP contribution is -2.06. The minimum Gasteiger partial charge on any atom is -0.464 e. The predicted octanol–water partition coefficient (Wildman–Crippen LogP) is 3.16. The van der Waals surface area contributed by atoms with Gasteiger partial charge in [0.15, 0.2) is 24.4 Å². The Labute approximate surface area is 106 Å². The van der Waals surface area contributed by atoms with Crippen LogP contribution in [0.1, 0.15) is 5.56 Å². The first-order valence-electron chi connectivity index (χ1n) is 4.81. The van der Waals surface area contributed by atoms with Crippen LogP contribution in [-0.4, -0.2) is 19.2 Å². The van der Waals surface area contributed by atoms with Crippen molar-refractivity contribution in [3.63, 3.8) is 0 Å². The van der Waals surface area contributed by atoms with Crippen molar-refractivity contribution in [2.24, 2.45) is 0 Å². The molecule has 18 heavy (non-hydrogen) atoms. The lowest BCUT2D eigenvalue weighted by atomic mass is 10.2. The maximum atomic E-state index is 13.2. The highest BCUT2D eigenvalue weighted by atomic mass is 32.2. The second-order valence-corrected chi connectivity index (χ2v) is 4.32. The molecule has 0 aliphatic rings. The van der Waals surface area contributed by atoms with Crippen molar-refractivity contribution in [1.29, 1.82) is 5.26 Å². The predicted molar refractivity (Wildman–Crippen MR) is 60.8 cm³/mol. The third-order valence-electron chi connectivity index (χ3n) is 1.88. The summed E-state index contributed by atoms with van der Waals surface area (Å²) in [5.74, 6) is -0.799. The van der Waals surface area contributed by atoms with Crippen LogP contribution in [0.3, 0.4) is 0 Å². The summed E-state index contributed by atoms with van der Waals surface area (Å²) in [5, 5.41) is 4.71. The van der Waals surface area contributed by atoms with Gasteiger partial charge in [-0.1, -0.05) is 17.8 Å². The smallest absolute Gasteiger partial charge is 0.380 e. The highest BCUT2D eigenvalue weighted by Crippen LogP contribution is 2.32. The first kappa shape index (κ1) is 14.7. The van der Waals surface area contributed by atoms with Crippen molar-refractivity contribution < 1.29 is 22.6 Å². The van der Waals surface area contributed by atoms with Crippen LogP contribution in [0.15, 0.2) is 18.2 Å². The number of hydrogen-bond donors (Lipinski definition) is 0. The molecule has 0 spiro atoms. The van der Waals surface area contributed by atoms with Crippen LogP contribution >= 0.6 is 11.8 Å². The number of alkyl halides is 2. The van der Waals surface area contributed by atoms with E-state index in [4.69, 9.17) is 10.00 Å². The molecule has 0 radical (unpaired) electrons. The van der Waals surface area contributed by atoms with Crippen LogP contribution in [-0.2, 0) is 10.5 Å². The molecule has 1 aromatic carbocycles. The summed E-state index contributed by atoms with van der Waals surface area (Å²) in [4.78, 5) is 0. The zero-order valence-corrected chi connectivity index (χ0v) is 10.3. The minimum absolute atomic E-state index is 0.0739. The molecule has 0 saturated carbocycles. The van der Waals surface area contributed by atoms with Crippen molar-refractivity contribution in [3.8, 4) is 11.8 Å². The van der Waals surface area contributed by atoms with Gasteiger partial charge in [-0.3, -0.25) is 0 Å². The number of nitriles is 1. The number of benzene rings is 1. The summed E-state index contributed by atoms with van der Waals surface area (Å²) in [6, 6.07) is 4.65. The summed E-state index contributed by atoms with van der Waals surface area (Å²) >= 11 is 0.167. The molecule has 0 unspecified atom stereocenters. The Hall–Kier alpha value is -1.39. The first-order chi connectivity index (χ1) is 8.48. The van der Waals surface area contributed by atoms with E-state index in [9.17, 15) is 13.2 Å². The lowest BCUT2D eigenvalue weighted by molar-refractivity contribution is 0.0482. The van der Waals surface area contributed by atoms with Crippen LogP contribution < -0.4 is 4.74 Å². The second kappa shape index (κ2) is 6.52. The highest BCUT2D eigenvalue weighted by molar-refractivity contribution is 7.99. The molecule has 0 aromatic heterocycles. The van der Waals surface area contributed by atoms with E-state index in [1.54, 1.807) is 0 Å². The third kappa shape index (κ3) is 4.47. The fourth-order valence-corrected chi connectivity index (χ4v) is 1.67. The molecule has 1 aromatic rings. The summed E-state index contributed by atoms with van der Waals surface area (Å²) in [5.41, 5.74) is 0.433. The standard InChI is InChI=1S/C11H10F3NO2S/c1-16-7-17-10-4-8(2-3-9(10)12)5-18-11(13,14)6-15/h2-4H,5,7H2,1H3. The summed E-state index contributed by atoms with van der Waals surface area (Å²) < 4.78 is 48.2. The summed E-state index contributed by atoms with van der Waals surface area (Å²) in [6.45, 7) is -0.137. The quantitative estimate of drug-likeness (QED) is 0.749. The van der Waals surface area contributed by atoms with Crippen LogP contribution in [0.25, 0.3) is 0 Å². The molecular weight excluding hydrogens is 267 g/mol. The largest absolute Gasteiger partial charge is 0.464 e. The number of rotatable bonds is 6. The van der Waals surface area contributed by atoms with Gasteiger partial charge in [0.2, 0.25) is 0 Å². The van der Waals surface area contributed by atoms with Gasteiger partial charge in [-0.05, 0) is 17.7 Å². The third-order valence-corrected chi connectivity index (χ3v) is 2.81. The Bertz CT molecular complexity index is 448. The number of methoxy groups -OCH3 is 1. The maximum absolute atomic E-state index is 13.2. The van der Waals surface area contributed by atoms with E-state index < -0.39 is 11.1 Å². The Morgan fingerprint density at radius 1 is 1.44 bits per heavy atom. The van der Waals surface area contributed by atoms with Gasteiger partial charge in [0, 0.05) is 12.9 Å². The fourth-order valence-electron chi connectivity index (χ4n) is 1.08. The van der Waals surface area contributed by atoms with Gasteiger partial charge in [-0.25, -0.2) is 4.39 Å². The molecule has 98 valence electrons. The van der Waals surface area contributed by atoms with E-state index in [1.807, 2.05) is 0 Å². The molecule has 0 heterocycles. The molecule has 1 rings (SSSR count). The Morgan fingerprint density at radius 3 is 2.78 bits per heavy atom. The zero-order valence-electron chi connectivity index (χ0n) is 9.45. The van der Waals surface area contributed by atoms with Crippen molar-refractivity contribution in [3.05, 3.63) is 29.6 Å². The van der Waals surface area contributed by atoms with Crippen LogP contribution in [0.2, 0.25) is 0 Å². The van der Waals surface area contributed by atoms with Gasteiger partial charge in [-0.15, -0.1) is 0 Å². The Kier molecular flexibility index (Phi) is 5.31. The molecule has 7 heteroatoms. The van der Waals surface area contributed by atoms with Crippen molar-refractivity contribution in [2.75, 3.05) is 13.9 Å². The van der Waals surface area contributed by atoms with Crippen LogP contribution in [0, 0.1) is 17.1 Å². The summed E-state index contributed by atoms with van der Waals surface area (Å²) in [7, 11) is 1.38. The monoisotopic (exact) mass is 277 g/mol. The van der Waals surface area contributed by atoms with Crippen molar-refractivity contribution in [2.45, 2.75) is 11.0 Å². The number of nitrogens with zero attached hydrogens (tertiary/aromatic N) is 1. The number of halogens is 3. The summed E-state index contributed by atoms with van der Waals surface area (Å²) in [6.07, 6.45) is 0. The van der Waals surface area contributed by atoms with E-state index in [0.29, 0.717) is 5.56 Å². The molecule has 0 fully saturated rings. The first-order valence-corrected chi connectivity index (χ1v) is 5.80. The molecule has 0 aliphatic carbocycles. The van der Waals surface area contributed by atoms with Gasteiger partial charge in [-0.2, -0.15) is 14.0 Å². The molecule has 0 aliphatic heterocycles. The molecule has 3 nitrogen and oxygen atoms in total. The molecule has 0 atom stereocenters. The normalized spacial score (nSPS) is 11.1. The van der Waals surface area contributed by atoms with E-state index in [2.05, 4.69) is 4.74 Å². The Morgan fingerprint density at radius 2 is 2.17 bits per heavy atom. The van der Waals surface area contributed by atoms with Gasteiger partial charge in [0.1, 0.15) is 0 Å². The number of ether oxygens (including phenoxy) is 2. The zero-order chi connectivity index (χ0) is 13.6. The molecule has 0 amide bonds. The van der Waals surface area contributed by atoms with E-state index in [0.717, 1.165) is 12.1 Å². The van der Waals surface area contributed by atoms with Gasteiger partial charge in [0.05, 0.1) is 0 Å². The fraction of sp³-hybridized carbons (Fsp3) is 0.364. The second-order valence-electron chi connectivity index (χ2n) is 3.23. The van der Waals surface area contributed by atoms with E-state index in [1.165, 1.54) is 19.2 Å². The highest BCUT2D eigenvalue weighted by Gasteiger charge is 2.28. The van der Waals surface area contributed by atoms with Crippen molar-refractivity contribution >= 4 is 11.8 Å². The van der Waals surface area contributed by atoms with Gasteiger partial charge < -0.3 is 9.47 Å². The topological polar surface area (TPSA) is 42.2 Å². The number of thioether (sulfide) groups is 1. The minimum atomic E-state index is -3.46. The SMILES string of the molecule is COCOc1cc(CSC(F)(F)C#N)ccc1F. The van der Waals surface area contributed by atoms with Gasteiger partial charge in [0.25, 0.3) is 0 Å². The average molecular weight is 277 g/mol. The number of hydrogen-bond acceptors (Lipinski definition) is 4. The maximum Gasteiger partial charge on any atom is 0.380 e. The molecule has 0 bridgehead atoms.